The lowest BCUT2D eigenvalue weighted by Gasteiger charge is -2.14. The minimum atomic E-state index is -0.108. The number of carbonyl (C=O) groups excluding carboxylic acids is 1. The number of rotatable bonds is 4. The summed E-state index contributed by atoms with van der Waals surface area (Å²) in [7, 11) is 1.58. The van der Waals surface area contributed by atoms with Crippen molar-refractivity contribution >= 4 is 23.4 Å². The summed E-state index contributed by atoms with van der Waals surface area (Å²) in [6.07, 6.45) is 5.37. The van der Waals surface area contributed by atoms with E-state index in [9.17, 15) is 4.79 Å². The van der Waals surface area contributed by atoms with Crippen molar-refractivity contribution in [3.63, 3.8) is 0 Å². The predicted molar refractivity (Wildman–Crippen MR) is 79.8 cm³/mol. The van der Waals surface area contributed by atoms with E-state index in [0.29, 0.717) is 22.3 Å². The third-order valence-electron chi connectivity index (χ3n) is 3.56. The Morgan fingerprint density at radius 3 is 2.89 bits per heavy atom. The molecule has 4 nitrogen and oxygen atoms in total. The molecule has 1 saturated carbocycles. The third-order valence-corrected chi connectivity index (χ3v) is 4.65. The van der Waals surface area contributed by atoms with Crippen LogP contribution in [0.15, 0.2) is 18.2 Å². The van der Waals surface area contributed by atoms with Gasteiger partial charge in [-0.3, -0.25) is 4.79 Å². The number of hydrogen-bond acceptors (Lipinski definition) is 4. The summed E-state index contributed by atoms with van der Waals surface area (Å²) in [6.45, 7) is 0. The number of benzene rings is 1. The molecule has 0 aliphatic heterocycles. The van der Waals surface area contributed by atoms with E-state index in [1.807, 2.05) is 11.8 Å². The molecule has 3 N–H and O–H groups in total. The maximum absolute atomic E-state index is 12.2. The molecule has 0 radical (unpaired) electrons. The monoisotopic (exact) mass is 280 g/mol. The first-order chi connectivity index (χ1) is 9.13. The highest BCUT2D eigenvalue weighted by molar-refractivity contribution is 7.99. The molecule has 2 unspecified atom stereocenters. The Kier molecular flexibility index (Phi) is 4.58. The van der Waals surface area contributed by atoms with E-state index in [0.717, 1.165) is 12.8 Å². The van der Waals surface area contributed by atoms with Crippen molar-refractivity contribution in [3.8, 4) is 5.75 Å². The van der Waals surface area contributed by atoms with Crippen LogP contribution in [0, 0.1) is 0 Å². The van der Waals surface area contributed by atoms with Gasteiger partial charge in [-0.1, -0.05) is 0 Å². The molecule has 0 saturated heterocycles. The summed E-state index contributed by atoms with van der Waals surface area (Å²) >= 11 is 1.87. The number of hydrogen-bond donors (Lipinski definition) is 2. The summed E-state index contributed by atoms with van der Waals surface area (Å²) < 4.78 is 5.13. The number of thioether (sulfide) groups is 1. The summed E-state index contributed by atoms with van der Waals surface area (Å²) in [4.78, 5) is 12.2. The molecule has 1 fully saturated rings. The summed E-state index contributed by atoms with van der Waals surface area (Å²) in [5.41, 5.74) is 6.83. The first-order valence-electron chi connectivity index (χ1n) is 6.41. The van der Waals surface area contributed by atoms with Gasteiger partial charge in [0.25, 0.3) is 5.91 Å². The lowest BCUT2D eigenvalue weighted by atomic mass is 10.1. The van der Waals surface area contributed by atoms with Gasteiger partial charge in [-0.2, -0.15) is 11.8 Å². The van der Waals surface area contributed by atoms with E-state index >= 15 is 0 Å². The molecule has 0 heterocycles. The molecule has 19 heavy (non-hydrogen) atoms. The number of anilines is 1. The molecular weight excluding hydrogens is 260 g/mol. The highest BCUT2D eigenvalue weighted by Gasteiger charge is 2.26. The van der Waals surface area contributed by atoms with E-state index in [4.69, 9.17) is 10.5 Å². The quantitative estimate of drug-likeness (QED) is 0.831. The van der Waals surface area contributed by atoms with Crippen LogP contribution in [0.5, 0.6) is 5.75 Å². The van der Waals surface area contributed by atoms with Gasteiger partial charge in [-0.05, 0) is 43.7 Å². The number of nitrogens with two attached hydrogens (primary N) is 1. The zero-order valence-corrected chi connectivity index (χ0v) is 12.1. The Morgan fingerprint density at radius 2 is 2.26 bits per heavy atom. The van der Waals surface area contributed by atoms with Crippen molar-refractivity contribution in [1.82, 2.24) is 5.32 Å². The van der Waals surface area contributed by atoms with Crippen LogP contribution >= 0.6 is 11.8 Å². The number of nitrogens with one attached hydrogen (secondary N) is 1. The Morgan fingerprint density at radius 1 is 1.47 bits per heavy atom. The molecule has 1 aromatic rings. The molecule has 2 rings (SSSR count). The van der Waals surface area contributed by atoms with E-state index in [2.05, 4.69) is 11.6 Å². The van der Waals surface area contributed by atoms with Crippen molar-refractivity contribution in [2.24, 2.45) is 0 Å². The van der Waals surface area contributed by atoms with E-state index < -0.39 is 0 Å². The Bertz CT molecular complexity index is 465. The zero-order valence-electron chi connectivity index (χ0n) is 11.3. The molecule has 0 aromatic heterocycles. The molecule has 1 aliphatic rings. The molecule has 104 valence electrons. The smallest absolute Gasteiger partial charge is 0.253 e. The fourth-order valence-corrected chi connectivity index (χ4v) is 3.20. The lowest BCUT2D eigenvalue weighted by molar-refractivity contribution is 0.0938. The third kappa shape index (κ3) is 3.35. The molecule has 1 amide bonds. The van der Waals surface area contributed by atoms with Gasteiger partial charge in [0.05, 0.1) is 12.7 Å². The highest BCUT2D eigenvalue weighted by atomic mass is 32.2. The van der Waals surface area contributed by atoms with Gasteiger partial charge < -0.3 is 15.8 Å². The normalized spacial score (nSPS) is 22.2. The maximum atomic E-state index is 12.2. The van der Waals surface area contributed by atoms with Crippen LogP contribution in [0.25, 0.3) is 0 Å². The van der Waals surface area contributed by atoms with Gasteiger partial charge in [0.2, 0.25) is 0 Å². The van der Waals surface area contributed by atoms with Crippen LogP contribution in [0.4, 0.5) is 5.69 Å². The van der Waals surface area contributed by atoms with Crippen LogP contribution in [0.1, 0.15) is 29.6 Å². The second kappa shape index (κ2) is 6.19. The van der Waals surface area contributed by atoms with Gasteiger partial charge in [0, 0.05) is 17.0 Å². The zero-order chi connectivity index (χ0) is 13.8. The number of amides is 1. The molecule has 5 heteroatoms. The minimum absolute atomic E-state index is 0.108. The molecule has 1 aliphatic carbocycles. The average molecular weight is 280 g/mol. The van der Waals surface area contributed by atoms with Gasteiger partial charge in [-0.15, -0.1) is 0 Å². The van der Waals surface area contributed by atoms with Crippen LogP contribution in [-0.2, 0) is 0 Å². The minimum Gasteiger partial charge on any atom is -0.497 e. The summed E-state index contributed by atoms with van der Waals surface area (Å²) in [5.74, 6) is 0.538. The van der Waals surface area contributed by atoms with Crippen LogP contribution in [0.2, 0.25) is 0 Å². The van der Waals surface area contributed by atoms with Crippen LogP contribution < -0.4 is 15.8 Å². The highest BCUT2D eigenvalue weighted by Crippen LogP contribution is 2.28. The second-order valence-electron chi connectivity index (χ2n) is 4.79. The number of nitrogen functional groups attached to an aromatic ring is 1. The van der Waals surface area contributed by atoms with E-state index in [1.165, 1.54) is 6.42 Å². The van der Waals surface area contributed by atoms with Crippen molar-refractivity contribution < 1.29 is 9.53 Å². The molecule has 0 bridgehead atoms. The average Bonchev–Trinajstić information content (AvgIpc) is 2.87. The summed E-state index contributed by atoms with van der Waals surface area (Å²) in [5, 5.41) is 3.72. The number of ether oxygens (including phenoxy) is 1. The SMILES string of the molecule is COc1ccc(N)c(C(=O)NC2CCC(SC)C2)c1. The lowest BCUT2D eigenvalue weighted by Crippen LogP contribution is -2.33. The number of methoxy groups -OCH3 is 1. The van der Waals surface area contributed by atoms with Crippen LogP contribution in [-0.4, -0.2) is 30.6 Å². The van der Waals surface area contributed by atoms with Crippen molar-refractivity contribution in [3.05, 3.63) is 23.8 Å². The van der Waals surface area contributed by atoms with Gasteiger partial charge >= 0.3 is 0 Å². The largest absolute Gasteiger partial charge is 0.497 e. The van der Waals surface area contributed by atoms with Crippen molar-refractivity contribution in [1.29, 1.82) is 0 Å². The second-order valence-corrected chi connectivity index (χ2v) is 5.93. The number of carbonyl (C=O) groups is 1. The predicted octanol–water partition coefficient (Wildman–Crippen LogP) is 2.29. The fourth-order valence-electron chi connectivity index (χ4n) is 2.41. The van der Waals surface area contributed by atoms with Gasteiger partial charge in [0.1, 0.15) is 5.75 Å². The molecular formula is C14H20N2O2S. The first-order valence-corrected chi connectivity index (χ1v) is 7.70. The summed E-state index contributed by atoms with van der Waals surface area (Å²) in [6, 6.07) is 5.40. The molecule has 2 atom stereocenters. The Balaban J connectivity index is 2.04. The van der Waals surface area contributed by atoms with Gasteiger partial charge in [-0.25, -0.2) is 0 Å². The Labute approximate surface area is 118 Å². The topological polar surface area (TPSA) is 64.3 Å². The van der Waals surface area contributed by atoms with Crippen molar-refractivity contribution in [2.75, 3.05) is 19.1 Å². The first kappa shape index (κ1) is 14.1. The molecule has 0 spiro atoms. The fraction of sp³-hybridized carbons (Fsp3) is 0.500. The standard InChI is InChI=1S/C14H20N2O2S/c1-18-10-4-6-13(15)12(8-10)14(17)16-9-3-5-11(7-9)19-2/h4,6,8-9,11H,3,5,7,15H2,1-2H3,(H,16,17). The van der Waals surface area contributed by atoms with E-state index in [-0.39, 0.29) is 11.9 Å². The Hall–Kier alpha value is -1.36. The maximum Gasteiger partial charge on any atom is 0.253 e. The molecule has 1 aromatic carbocycles. The van der Waals surface area contributed by atoms with Gasteiger partial charge in [0.15, 0.2) is 0 Å². The van der Waals surface area contributed by atoms with Crippen LogP contribution in [0.3, 0.4) is 0 Å². The van der Waals surface area contributed by atoms with Crippen molar-refractivity contribution in [2.45, 2.75) is 30.6 Å². The van der Waals surface area contributed by atoms with E-state index in [1.54, 1.807) is 25.3 Å².